The monoisotopic (exact) mass is 329 g/mol. The van der Waals surface area contributed by atoms with Gasteiger partial charge in [0.25, 0.3) is 0 Å². The maximum Gasteiger partial charge on any atom is 0.235 e. The van der Waals surface area contributed by atoms with Crippen molar-refractivity contribution < 1.29 is 9.53 Å². The Morgan fingerprint density at radius 1 is 1.56 bits per heavy atom. The third kappa shape index (κ3) is 2.39. The van der Waals surface area contributed by atoms with Gasteiger partial charge in [-0.05, 0) is 37.0 Å². The number of benzene rings is 1. The standard InChI is InChI=1S/C13H13BrClNO2/c1-18-7-10-11(14)5-9(6-12(10)15)13(16-8-17)3-2-4-13/h5-6H,2-4,7H2,1H3. The van der Waals surface area contributed by atoms with Crippen LogP contribution in [0, 0.1) is 0 Å². The summed E-state index contributed by atoms with van der Waals surface area (Å²) in [6.07, 6.45) is 4.49. The van der Waals surface area contributed by atoms with Gasteiger partial charge in [-0.1, -0.05) is 27.5 Å². The quantitative estimate of drug-likeness (QED) is 0.619. The molecular formula is C13H13BrClNO2. The smallest absolute Gasteiger partial charge is 0.235 e. The van der Waals surface area contributed by atoms with Crippen molar-refractivity contribution in [3.63, 3.8) is 0 Å². The van der Waals surface area contributed by atoms with Crippen LogP contribution in [0.5, 0.6) is 0 Å². The number of ether oxygens (including phenoxy) is 1. The van der Waals surface area contributed by atoms with E-state index in [1.807, 2.05) is 12.1 Å². The summed E-state index contributed by atoms with van der Waals surface area (Å²) in [4.78, 5) is 14.5. The van der Waals surface area contributed by atoms with E-state index in [1.54, 1.807) is 13.2 Å². The second-order valence-corrected chi connectivity index (χ2v) is 5.70. The van der Waals surface area contributed by atoms with Crippen LogP contribution in [0.25, 0.3) is 0 Å². The molecule has 5 heteroatoms. The number of carbonyl (C=O) groups excluding carboxylic acids is 1. The van der Waals surface area contributed by atoms with E-state index in [-0.39, 0.29) is 0 Å². The minimum Gasteiger partial charge on any atom is -0.380 e. The van der Waals surface area contributed by atoms with Crippen molar-refractivity contribution in [3.8, 4) is 0 Å². The van der Waals surface area contributed by atoms with Crippen LogP contribution in [0.3, 0.4) is 0 Å². The molecule has 0 aromatic heterocycles. The Morgan fingerprint density at radius 2 is 2.28 bits per heavy atom. The van der Waals surface area contributed by atoms with E-state index in [2.05, 4.69) is 20.9 Å². The summed E-state index contributed by atoms with van der Waals surface area (Å²) in [6.45, 7) is 0.448. The van der Waals surface area contributed by atoms with Gasteiger partial charge in [-0.15, -0.1) is 0 Å². The Hall–Kier alpha value is -0.670. The topological polar surface area (TPSA) is 38.7 Å². The zero-order chi connectivity index (χ0) is 13.2. The minimum atomic E-state index is -0.417. The minimum absolute atomic E-state index is 0.417. The molecule has 0 bridgehead atoms. The number of methoxy groups -OCH3 is 1. The van der Waals surface area contributed by atoms with Crippen LogP contribution >= 0.6 is 27.5 Å². The number of rotatable bonds is 4. The van der Waals surface area contributed by atoms with E-state index in [0.29, 0.717) is 11.6 Å². The molecule has 0 aliphatic heterocycles. The third-order valence-electron chi connectivity index (χ3n) is 3.41. The van der Waals surface area contributed by atoms with Crippen molar-refractivity contribution in [3.05, 3.63) is 32.8 Å². The highest BCUT2D eigenvalue weighted by Gasteiger charge is 2.39. The van der Waals surface area contributed by atoms with Gasteiger partial charge in [0.2, 0.25) is 6.08 Å². The molecule has 1 aliphatic carbocycles. The van der Waals surface area contributed by atoms with Crippen molar-refractivity contribution in [2.24, 2.45) is 4.99 Å². The van der Waals surface area contributed by atoms with Crippen LogP contribution < -0.4 is 0 Å². The van der Waals surface area contributed by atoms with Crippen molar-refractivity contribution in [2.45, 2.75) is 31.4 Å². The van der Waals surface area contributed by atoms with Crippen LogP contribution in [0.4, 0.5) is 0 Å². The first-order valence-corrected chi connectivity index (χ1v) is 6.86. The molecule has 1 aromatic carbocycles. The Bertz CT molecular complexity index is 485. The Kier molecular flexibility index (Phi) is 4.23. The number of aliphatic imine (C=N–C) groups is 1. The number of isocyanates is 1. The van der Waals surface area contributed by atoms with Crippen LogP contribution in [-0.2, 0) is 21.7 Å². The molecule has 1 aliphatic rings. The maximum atomic E-state index is 10.6. The van der Waals surface area contributed by atoms with Crippen LogP contribution in [0.2, 0.25) is 5.02 Å². The fourth-order valence-corrected chi connectivity index (χ4v) is 3.18. The predicted octanol–water partition coefficient (Wildman–Crippen LogP) is 3.96. The van der Waals surface area contributed by atoms with Gasteiger partial charge < -0.3 is 4.74 Å². The zero-order valence-corrected chi connectivity index (χ0v) is 12.3. The fraction of sp³-hybridized carbons (Fsp3) is 0.462. The molecular weight excluding hydrogens is 318 g/mol. The molecule has 0 spiro atoms. The first-order chi connectivity index (χ1) is 8.63. The Labute approximate surface area is 119 Å². The molecule has 3 nitrogen and oxygen atoms in total. The van der Waals surface area contributed by atoms with Gasteiger partial charge in [0.1, 0.15) is 0 Å². The zero-order valence-electron chi connectivity index (χ0n) is 10.0. The normalized spacial score (nSPS) is 16.8. The van der Waals surface area contributed by atoms with Gasteiger partial charge in [0.05, 0.1) is 12.1 Å². The summed E-state index contributed by atoms with van der Waals surface area (Å²) < 4.78 is 5.99. The number of nitrogens with zero attached hydrogens (tertiary/aromatic N) is 1. The molecule has 1 aromatic rings. The third-order valence-corrected chi connectivity index (χ3v) is 4.45. The summed E-state index contributed by atoms with van der Waals surface area (Å²) in [5, 5.41) is 0.633. The SMILES string of the molecule is COCc1c(Cl)cc(C2(N=C=O)CCC2)cc1Br. The molecule has 0 saturated heterocycles. The average molecular weight is 331 g/mol. The average Bonchev–Trinajstić information content (AvgIpc) is 2.28. The molecule has 18 heavy (non-hydrogen) atoms. The van der Waals surface area contributed by atoms with E-state index < -0.39 is 5.54 Å². The van der Waals surface area contributed by atoms with Crippen LogP contribution in [-0.4, -0.2) is 13.2 Å². The van der Waals surface area contributed by atoms with Gasteiger partial charge in [0, 0.05) is 22.2 Å². The van der Waals surface area contributed by atoms with E-state index >= 15 is 0 Å². The molecule has 0 radical (unpaired) electrons. The highest BCUT2D eigenvalue weighted by Crippen LogP contribution is 2.46. The summed E-state index contributed by atoms with van der Waals surface area (Å²) in [5.74, 6) is 0. The Balaban J connectivity index is 2.44. The van der Waals surface area contributed by atoms with Gasteiger partial charge in [-0.2, -0.15) is 4.99 Å². The number of hydrogen-bond acceptors (Lipinski definition) is 3. The summed E-state index contributed by atoms with van der Waals surface area (Å²) in [5.41, 5.74) is 1.46. The lowest BCUT2D eigenvalue weighted by atomic mass is 9.72. The maximum absolute atomic E-state index is 10.6. The lowest BCUT2D eigenvalue weighted by Crippen LogP contribution is -2.32. The van der Waals surface area contributed by atoms with Crippen molar-refractivity contribution >= 4 is 33.6 Å². The number of hydrogen-bond donors (Lipinski definition) is 0. The van der Waals surface area contributed by atoms with E-state index in [1.165, 1.54) is 0 Å². The molecule has 96 valence electrons. The summed E-state index contributed by atoms with van der Waals surface area (Å²) in [7, 11) is 1.63. The second-order valence-electron chi connectivity index (χ2n) is 4.44. The highest BCUT2D eigenvalue weighted by atomic mass is 79.9. The first-order valence-electron chi connectivity index (χ1n) is 5.69. The highest BCUT2D eigenvalue weighted by molar-refractivity contribution is 9.10. The van der Waals surface area contributed by atoms with Crippen molar-refractivity contribution in [1.82, 2.24) is 0 Å². The van der Waals surface area contributed by atoms with E-state index in [9.17, 15) is 4.79 Å². The molecule has 1 fully saturated rings. The van der Waals surface area contributed by atoms with E-state index in [4.69, 9.17) is 16.3 Å². The fourth-order valence-electron chi connectivity index (χ4n) is 2.22. The van der Waals surface area contributed by atoms with Gasteiger partial charge in [-0.3, -0.25) is 0 Å². The van der Waals surface area contributed by atoms with Crippen LogP contribution in [0.1, 0.15) is 30.4 Å². The largest absolute Gasteiger partial charge is 0.380 e. The molecule has 0 atom stereocenters. The second kappa shape index (κ2) is 5.54. The molecule has 0 unspecified atom stereocenters. The van der Waals surface area contributed by atoms with E-state index in [0.717, 1.165) is 34.9 Å². The van der Waals surface area contributed by atoms with Gasteiger partial charge >= 0.3 is 0 Å². The summed E-state index contributed by atoms with van der Waals surface area (Å²) in [6, 6.07) is 3.85. The van der Waals surface area contributed by atoms with Crippen molar-refractivity contribution in [1.29, 1.82) is 0 Å². The molecule has 0 heterocycles. The Morgan fingerprint density at radius 3 is 2.72 bits per heavy atom. The van der Waals surface area contributed by atoms with Crippen molar-refractivity contribution in [2.75, 3.05) is 7.11 Å². The molecule has 0 amide bonds. The molecule has 1 saturated carbocycles. The lowest BCUT2D eigenvalue weighted by Gasteiger charge is -2.37. The summed E-state index contributed by atoms with van der Waals surface area (Å²) >= 11 is 9.74. The first kappa shape index (κ1) is 13.8. The molecule has 0 N–H and O–H groups in total. The van der Waals surface area contributed by atoms with Crippen LogP contribution in [0.15, 0.2) is 21.6 Å². The van der Waals surface area contributed by atoms with Gasteiger partial charge in [-0.25, -0.2) is 4.79 Å². The predicted molar refractivity (Wildman–Crippen MR) is 73.5 cm³/mol. The van der Waals surface area contributed by atoms with Gasteiger partial charge in [0.15, 0.2) is 0 Å². The lowest BCUT2D eigenvalue weighted by molar-refractivity contribution is 0.184. The number of halogens is 2. The molecule has 2 rings (SSSR count).